The average molecular weight is 273 g/mol. The molecule has 5 heteroatoms. The number of fused-ring (bicyclic) bond motifs is 1. The second kappa shape index (κ2) is 5.17. The molecule has 1 unspecified atom stereocenters. The summed E-state index contributed by atoms with van der Waals surface area (Å²) >= 11 is 0. The molecule has 1 aromatic carbocycles. The Morgan fingerprint density at radius 1 is 1.35 bits per heavy atom. The van der Waals surface area contributed by atoms with Crippen LogP contribution in [0.1, 0.15) is 24.4 Å². The highest BCUT2D eigenvalue weighted by molar-refractivity contribution is 5.60. The van der Waals surface area contributed by atoms with E-state index in [0.717, 1.165) is 42.5 Å². The molecule has 1 N–H and O–H groups in total. The van der Waals surface area contributed by atoms with E-state index in [9.17, 15) is 5.11 Å². The molecule has 0 amide bonds. The smallest absolute Gasteiger partial charge is 0.128 e. The quantitative estimate of drug-likeness (QED) is 0.929. The van der Waals surface area contributed by atoms with Crippen molar-refractivity contribution < 1.29 is 9.84 Å². The Hall–Kier alpha value is -2.01. The number of anilines is 1. The van der Waals surface area contributed by atoms with Crippen molar-refractivity contribution in [1.29, 1.82) is 0 Å². The molecule has 2 heterocycles. The van der Waals surface area contributed by atoms with Gasteiger partial charge in [0, 0.05) is 36.7 Å². The Balaban J connectivity index is 1.99. The van der Waals surface area contributed by atoms with E-state index in [1.807, 2.05) is 30.6 Å². The monoisotopic (exact) mass is 273 g/mol. The van der Waals surface area contributed by atoms with Gasteiger partial charge in [0.1, 0.15) is 11.6 Å². The van der Waals surface area contributed by atoms with Gasteiger partial charge in [-0.1, -0.05) is 6.07 Å². The Kier molecular flexibility index (Phi) is 3.36. The number of aliphatic hydroxyl groups is 1. The number of rotatable bonds is 3. The SMILES string of the molecule is COc1cccc(N2CCn3ccnc3C2)c1C(C)O. The van der Waals surface area contributed by atoms with Crippen LogP contribution in [0.25, 0.3) is 0 Å². The maximum absolute atomic E-state index is 10.1. The summed E-state index contributed by atoms with van der Waals surface area (Å²) in [5.41, 5.74) is 1.86. The number of nitrogens with zero attached hydrogens (tertiary/aromatic N) is 3. The van der Waals surface area contributed by atoms with Gasteiger partial charge in [-0.25, -0.2) is 4.98 Å². The van der Waals surface area contributed by atoms with E-state index in [1.54, 1.807) is 14.0 Å². The number of ether oxygens (including phenoxy) is 1. The number of benzene rings is 1. The molecule has 0 spiro atoms. The van der Waals surface area contributed by atoms with E-state index in [-0.39, 0.29) is 0 Å². The van der Waals surface area contributed by atoms with Crippen LogP contribution in [0.15, 0.2) is 30.6 Å². The molecule has 1 aliphatic rings. The molecule has 106 valence electrons. The van der Waals surface area contributed by atoms with E-state index in [2.05, 4.69) is 14.5 Å². The Bertz CT molecular complexity index is 607. The van der Waals surface area contributed by atoms with Crippen LogP contribution in [0.5, 0.6) is 5.75 Å². The van der Waals surface area contributed by atoms with Gasteiger partial charge in [-0.3, -0.25) is 0 Å². The van der Waals surface area contributed by atoms with Gasteiger partial charge in [-0.15, -0.1) is 0 Å². The van der Waals surface area contributed by atoms with Gasteiger partial charge in [0.15, 0.2) is 0 Å². The Labute approximate surface area is 118 Å². The molecule has 1 aromatic heterocycles. The van der Waals surface area contributed by atoms with Crippen LogP contribution in [-0.2, 0) is 13.1 Å². The van der Waals surface area contributed by atoms with Crippen molar-refractivity contribution in [2.45, 2.75) is 26.1 Å². The minimum absolute atomic E-state index is 0.567. The predicted octanol–water partition coefficient (Wildman–Crippen LogP) is 1.97. The first-order chi connectivity index (χ1) is 9.70. The molecule has 0 fully saturated rings. The maximum Gasteiger partial charge on any atom is 0.128 e. The third-order valence-corrected chi connectivity index (χ3v) is 3.77. The first-order valence-corrected chi connectivity index (χ1v) is 6.80. The molecule has 1 aliphatic heterocycles. The van der Waals surface area contributed by atoms with Crippen LogP contribution in [0.2, 0.25) is 0 Å². The average Bonchev–Trinajstić information content (AvgIpc) is 2.93. The highest BCUT2D eigenvalue weighted by atomic mass is 16.5. The fourth-order valence-corrected chi connectivity index (χ4v) is 2.79. The minimum atomic E-state index is -0.567. The summed E-state index contributed by atoms with van der Waals surface area (Å²) in [5, 5.41) is 10.1. The lowest BCUT2D eigenvalue weighted by molar-refractivity contribution is 0.194. The van der Waals surface area contributed by atoms with Crippen LogP contribution < -0.4 is 9.64 Å². The lowest BCUT2D eigenvalue weighted by Crippen LogP contribution is -2.34. The molecular formula is C15H19N3O2. The molecular weight excluding hydrogens is 254 g/mol. The van der Waals surface area contributed by atoms with Gasteiger partial charge in [-0.05, 0) is 19.1 Å². The fraction of sp³-hybridized carbons (Fsp3) is 0.400. The molecule has 0 bridgehead atoms. The van der Waals surface area contributed by atoms with Crippen LogP contribution in [-0.4, -0.2) is 28.3 Å². The summed E-state index contributed by atoms with van der Waals surface area (Å²) in [6.45, 7) is 4.33. The topological polar surface area (TPSA) is 50.5 Å². The van der Waals surface area contributed by atoms with Gasteiger partial charge >= 0.3 is 0 Å². The van der Waals surface area contributed by atoms with Crippen LogP contribution in [0, 0.1) is 0 Å². The number of hydrogen-bond donors (Lipinski definition) is 1. The summed E-state index contributed by atoms with van der Waals surface area (Å²) in [6, 6.07) is 5.88. The molecule has 0 radical (unpaired) electrons. The summed E-state index contributed by atoms with van der Waals surface area (Å²) in [6.07, 6.45) is 3.27. The molecule has 0 saturated heterocycles. The van der Waals surface area contributed by atoms with E-state index >= 15 is 0 Å². The fourth-order valence-electron chi connectivity index (χ4n) is 2.79. The van der Waals surface area contributed by atoms with Gasteiger partial charge in [0.2, 0.25) is 0 Å². The highest BCUT2D eigenvalue weighted by Crippen LogP contribution is 2.35. The standard InChI is InChI=1S/C15H19N3O2/c1-11(19)15-12(4-3-5-13(15)20-2)18-9-8-17-7-6-16-14(17)10-18/h3-7,11,19H,8-10H2,1-2H3. The number of aliphatic hydroxyl groups excluding tert-OH is 1. The lowest BCUT2D eigenvalue weighted by Gasteiger charge is -2.32. The third-order valence-electron chi connectivity index (χ3n) is 3.77. The zero-order chi connectivity index (χ0) is 14.1. The molecule has 0 aliphatic carbocycles. The molecule has 5 nitrogen and oxygen atoms in total. The van der Waals surface area contributed by atoms with Gasteiger partial charge in [0.25, 0.3) is 0 Å². The van der Waals surface area contributed by atoms with Crippen LogP contribution in [0.3, 0.4) is 0 Å². The Morgan fingerprint density at radius 3 is 2.95 bits per heavy atom. The van der Waals surface area contributed by atoms with E-state index < -0.39 is 6.10 Å². The first-order valence-electron chi connectivity index (χ1n) is 6.80. The normalized spacial score (nSPS) is 15.8. The lowest BCUT2D eigenvalue weighted by atomic mass is 10.1. The van der Waals surface area contributed by atoms with Crippen LogP contribution >= 0.6 is 0 Å². The zero-order valence-electron chi connectivity index (χ0n) is 11.8. The van der Waals surface area contributed by atoms with Crippen molar-refractivity contribution >= 4 is 5.69 Å². The highest BCUT2D eigenvalue weighted by Gasteiger charge is 2.22. The van der Waals surface area contributed by atoms with Crippen molar-refractivity contribution in [2.24, 2.45) is 0 Å². The molecule has 3 rings (SSSR count). The number of hydrogen-bond acceptors (Lipinski definition) is 4. The van der Waals surface area contributed by atoms with Crippen molar-refractivity contribution in [3.8, 4) is 5.75 Å². The van der Waals surface area contributed by atoms with Crippen molar-refractivity contribution in [1.82, 2.24) is 9.55 Å². The Morgan fingerprint density at radius 2 is 2.20 bits per heavy atom. The van der Waals surface area contributed by atoms with Gasteiger partial charge < -0.3 is 19.3 Å². The molecule has 20 heavy (non-hydrogen) atoms. The summed E-state index contributed by atoms with van der Waals surface area (Å²) in [7, 11) is 1.63. The van der Waals surface area contributed by atoms with Gasteiger partial charge in [0.05, 0.1) is 19.8 Å². The number of aromatic nitrogens is 2. The molecule has 1 atom stereocenters. The second-order valence-corrected chi connectivity index (χ2v) is 5.03. The van der Waals surface area contributed by atoms with E-state index in [4.69, 9.17) is 4.74 Å². The number of methoxy groups -OCH3 is 1. The summed E-state index contributed by atoms with van der Waals surface area (Å²) < 4.78 is 7.55. The maximum atomic E-state index is 10.1. The van der Waals surface area contributed by atoms with Crippen molar-refractivity contribution in [3.05, 3.63) is 42.0 Å². The van der Waals surface area contributed by atoms with Crippen molar-refractivity contribution in [2.75, 3.05) is 18.6 Å². The predicted molar refractivity (Wildman–Crippen MR) is 76.9 cm³/mol. The van der Waals surface area contributed by atoms with Gasteiger partial charge in [-0.2, -0.15) is 0 Å². The third kappa shape index (κ3) is 2.14. The molecule has 2 aromatic rings. The minimum Gasteiger partial charge on any atom is -0.496 e. The summed E-state index contributed by atoms with van der Waals surface area (Å²) in [5.74, 6) is 1.78. The van der Waals surface area contributed by atoms with E-state index in [1.165, 1.54) is 0 Å². The molecule has 0 saturated carbocycles. The largest absolute Gasteiger partial charge is 0.496 e. The zero-order valence-corrected chi connectivity index (χ0v) is 11.8. The number of imidazole rings is 1. The first kappa shape index (κ1) is 13.0. The van der Waals surface area contributed by atoms with Crippen LogP contribution in [0.4, 0.5) is 5.69 Å². The second-order valence-electron chi connectivity index (χ2n) is 5.03. The van der Waals surface area contributed by atoms with Crippen molar-refractivity contribution in [3.63, 3.8) is 0 Å². The summed E-state index contributed by atoms with van der Waals surface area (Å²) in [4.78, 5) is 6.62. The van der Waals surface area contributed by atoms with E-state index in [0.29, 0.717) is 0 Å².